The van der Waals surface area contributed by atoms with Crippen LogP contribution >= 0.6 is 0 Å². The number of carbonyl (C=O) groups is 1. The van der Waals surface area contributed by atoms with Crippen LogP contribution in [0.2, 0.25) is 0 Å². The van der Waals surface area contributed by atoms with Gasteiger partial charge in [-0.05, 0) is 65.1 Å². The quantitative estimate of drug-likeness (QED) is 0.494. The molecular formula is C26H26O3. The van der Waals surface area contributed by atoms with Gasteiger partial charge in [0, 0.05) is 0 Å². The van der Waals surface area contributed by atoms with Crippen LogP contribution in [-0.2, 0) is 22.6 Å². The van der Waals surface area contributed by atoms with Gasteiger partial charge in [-0.3, -0.25) is 4.79 Å². The Morgan fingerprint density at radius 3 is 2.48 bits per heavy atom. The van der Waals surface area contributed by atoms with Gasteiger partial charge in [-0.15, -0.1) is 0 Å². The molecule has 3 aromatic carbocycles. The van der Waals surface area contributed by atoms with E-state index in [-0.39, 0.29) is 11.9 Å². The number of carbonyl (C=O) groups excluding carboxylic acids is 1. The minimum absolute atomic E-state index is 0.137. The molecule has 0 radical (unpaired) electrons. The maximum absolute atomic E-state index is 11.7. The SMILES string of the molecule is COC(=O)CC1CCCc2cc(OCc3ccc(-c4ccccc4)cc3)ccc21. The molecule has 0 fully saturated rings. The van der Waals surface area contributed by atoms with Crippen LogP contribution in [0.1, 0.15) is 41.9 Å². The molecule has 3 nitrogen and oxygen atoms in total. The molecule has 4 rings (SSSR count). The monoisotopic (exact) mass is 386 g/mol. The van der Waals surface area contributed by atoms with Crippen molar-refractivity contribution in [3.8, 4) is 16.9 Å². The van der Waals surface area contributed by atoms with Crippen LogP contribution in [0.3, 0.4) is 0 Å². The molecule has 29 heavy (non-hydrogen) atoms. The maximum Gasteiger partial charge on any atom is 0.306 e. The molecule has 1 atom stereocenters. The van der Waals surface area contributed by atoms with E-state index in [1.807, 2.05) is 12.1 Å². The summed E-state index contributed by atoms with van der Waals surface area (Å²) < 4.78 is 10.9. The summed E-state index contributed by atoms with van der Waals surface area (Å²) in [6.45, 7) is 0.541. The first-order chi connectivity index (χ1) is 14.2. The predicted molar refractivity (Wildman–Crippen MR) is 115 cm³/mol. The van der Waals surface area contributed by atoms with Gasteiger partial charge in [0.15, 0.2) is 0 Å². The van der Waals surface area contributed by atoms with E-state index in [9.17, 15) is 4.79 Å². The molecule has 0 heterocycles. The topological polar surface area (TPSA) is 35.5 Å². The van der Waals surface area contributed by atoms with Crippen molar-refractivity contribution in [3.05, 3.63) is 89.5 Å². The van der Waals surface area contributed by atoms with Crippen LogP contribution in [0.25, 0.3) is 11.1 Å². The van der Waals surface area contributed by atoms with Crippen molar-refractivity contribution in [3.63, 3.8) is 0 Å². The molecular weight excluding hydrogens is 360 g/mol. The lowest BCUT2D eigenvalue weighted by molar-refractivity contribution is -0.141. The fraction of sp³-hybridized carbons (Fsp3) is 0.269. The fourth-order valence-electron chi connectivity index (χ4n) is 4.07. The lowest BCUT2D eigenvalue weighted by atomic mass is 9.81. The zero-order chi connectivity index (χ0) is 20.1. The predicted octanol–water partition coefficient (Wildman–Crippen LogP) is 5.92. The van der Waals surface area contributed by atoms with Crippen molar-refractivity contribution < 1.29 is 14.3 Å². The van der Waals surface area contributed by atoms with E-state index < -0.39 is 0 Å². The number of hydrogen-bond acceptors (Lipinski definition) is 3. The highest BCUT2D eigenvalue weighted by molar-refractivity contribution is 5.70. The highest BCUT2D eigenvalue weighted by atomic mass is 16.5. The highest BCUT2D eigenvalue weighted by Gasteiger charge is 2.23. The summed E-state index contributed by atoms with van der Waals surface area (Å²) in [5.74, 6) is 1.00. The first kappa shape index (κ1) is 19.3. The van der Waals surface area contributed by atoms with Crippen molar-refractivity contribution in [2.24, 2.45) is 0 Å². The normalized spacial score (nSPS) is 15.4. The van der Waals surface area contributed by atoms with E-state index in [0.717, 1.165) is 30.6 Å². The Morgan fingerprint density at radius 2 is 1.72 bits per heavy atom. The number of rotatable bonds is 6. The van der Waals surface area contributed by atoms with Gasteiger partial charge < -0.3 is 9.47 Å². The van der Waals surface area contributed by atoms with E-state index >= 15 is 0 Å². The molecule has 1 unspecified atom stereocenters. The zero-order valence-corrected chi connectivity index (χ0v) is 16.8. The second-order valence-corrected chi connectivity index (χ2v) is 7.58. The van der Waals surface area contributed by atoms with E-state index in [4.69, 9.17) is 9.47 Å². The average molecular weight is 386 g/mol. The number of methoxy groups -OCH3 is 1. The van der Waals surface area contributed by atoms with Gasteiger partial charge in [0.05, 0.1) is 13.5 Å². The first-order valence-corrected chi connectivity index (χ1v) is 10.2. The average Bonchev–Trinajstić information content (AvgIpc) is 2.78. The number of hydrogen-bond donors (Lipinski definition) is 0. The second kappa shape index (κ2) is 8.95. The van der Waals surface area contributed by atoms with Crippen LogP contribution in [0.5, 0.6) is 5.75 Å². The second-order valence-electron chi connectivity index (χ2n) is 7.58. The lowest BCUT2D eigenvalue weighted by Gasteiger charge is -2.25. The van der Waals surface area contributed by atoms with Gasteiger partial charge in [-0.25, -0.2) is 0 Å². The Kier molecular flexibility index (Phi) is 5.95. The molecule has 0 saturated carbocycles. The van der Waals surface area contributed by atoms with Gasteiger partial charge in [0.2, 0.25) is 0 Å². The number of aryl methyl sites for hydroxylation is 1. The summed E-state index contributed by atoms with van der Waals surface area (Å²) in [6, 6.07) is 25.2. The summed E-state index contributed by atoms with van der Waals surface area (Å²) in [5.41, 5.74) is 6.13. The van der Waals surface area contributed by atoms with Gasteiger partial charge in [0.25, 0.3) is 0 Å². The molecule has 0 N–H and O–H groups in total. The largest absolute Gasteiger partial charge is 0.489 e. The number of fused-ring (bicyclic) bond motifs is 1. The van der Waals surface area contributed by atoms with Crippen LogP contribution in [-0.4, -0.2) is 13.1 Å². The number of benzene rings is 3. The van der Waals surface area contributed by atoms with Crippen molar-refractivity contribution in [2.75, 3.05) is 7.11 Å². The summed E-state index contributed by atoms with van der Waals surface area (Å²) in [6.07, 6.45) is 3.63. The molecule has 0 aliphatic heterocycles. The van der Waals surface area contributed by atoms with Crippen molar-refractivity contribution >= 4 is 5.97 Å². The Bertz CT molecular complexity index is 961. The molecule has 3 aromatic rings. The standard InChI is InChI=1S/C26H26O3/c1-28-26(27)17-23-9-5-8-22-16-24(14-15-25(22)23)29-18-19-10-12-21(13-11-19)20-6-3-2-4-7-20/h2-4,6-7,10-16,23H,5,8-9,17-18H2,1H3. The smallest absolute Gasteiger partial charge is 0.306 e. The van der Waals surface area contributed by atoms with Crippen molar-refractivity contribution in [1.29, 1.82) is 0 Å². The van der Waals surface area contributed by atoms with Crippen molar-refractivity contribution in [2.45, 2.75) is 38.2 Å². The lowest BCUT2D eigenvalue weighted by Crippen LogP contribution is -2.14. The van der Waals surface area contributed by atoms with Gasteiger partial charge in [0.1, 0.15) is 12.4 Å². The summed E-state index contributed by atoms with van der Waals surface area (Å²) in [5, 5.41) is 0. The third kappa shape index (κ3) is 4.68. The number of esters is 1. The number of ether oxygens (including phenoxy) is 2. The third-order valence-corrected chi connectivity index (χ3v) is 5.66. The Labute approximate surface area is 172 Å². The Balaban J connectivity index is 1.41. The van der Waals surface area contributed by atoms with Crippen molar-refractivity contribution in [1.82, 2.24) is 0 Å². The molecule has 0 saturated heterocycles. The van der Waals surface area contributed by atoms with E-state index in [1.54, 1.807) is 0 Å². The molecule has 1 aliphatic rings. The molecule has 0 amide bonds. The Hall–Kier alpha value is -3.07. The summed E-state index contributed by atoms with van der Waals surface area (Å²) >= 11 is 0. The Morgan fingerprint density at radius 1 is 0.966 bits per heavy atom. The molecule has 148 valence electrons. The van der Waals surface area contributed by atoms with Crippen LogP contribution in [0.15, 0.2) is 72.8 Å². The van der Waals surface area contributed by atoms with E-state index in [2.05, 4.69) is 60.7 Å². The summed E-state index contributed by atoms with van der Waals surface area (Å²) in [7, 11) is 1.45. The summed E-state index contributed by atoms with van der Waals surface area (Å²) in [4.78, 5) is 11.7. The molecule has 0 spiro atoms. The minimum atomic E-state index is -0.137. The van der Waals surface area contributed by atoms with E-state index in [1.165, 1.54) is 29.4 Å². The van der Waals surface area contributed by atoms with Gasteiger partial charge in [-0.2, -0.15) is 0 Å². The molecule has 0 bridgehead atoms. The molecule has 1 aliphatic carbocycles. The van der Waals surface area contributed by atoms with Gasteiger partial charge >= 0.3 is 5.97 Å². The van der Waals surface area contributed by atoms with Crippen LogP contribution in [0, 0.1) is 0 Å². The minimum Gasteiger partial charge on any atom is -0.489 e. The van der Waals surface area contributed by atoms with E-state index in [0.29, 0.717) is 13.0 Å². The molecule has 0 aromatic heterocycles. The first-order valence-electron chi connectivity index (χ1n) is 10.2. The van der Waals surface area contributed by atoms with Crippen LogP contribution < -0.4 is 4.74 Å². The van der Waals surface area contributed by atoms with Crippen LogP contribution in [0.4, 0.5) is 0 Å². The molecule has 3 heteroatoms. The fourth-order valence-corrected chi connectivity index (χ4v) is 4.07. The third-order valence-electron chi connectivity index (χ3n) is 5.66. The highest BCUT2D eigenvalue weighted by Crippen LogP contribution is 2.36. The zero-order valence-electron chi connectivity index (χ0n) is 16.8. The van der Waals surface area contributed by atoms with Gasteiger partial charge in [-0.1, -0.05) is 60.7 Å². The maximum atomic E-state index is 11.7.